The quantitative estimate of drug-likeness (QED) is 0.702. The highest BCUT2D eigenvalue weighted by Gasteiger charge is 2.33. The van der Waals surface area contributed by atoms with Crippen LogP contribution in [-0.4, -0.2) is 22.7 Å². The predicted octanol–water partition coefficient (Wildman–Crippen LogP) is 5.53. The summed E-state index contributed by atoms with van der Waals surface area (Å²) in [5.74, 6) is -0.732. The molecule has 0 amide bonds. The van der Waals surface area contributed by atoms with Crippen molar-refractivity contribution in [2.45, 2.75) is 6.92 Å². The Kier molecular flexibility index (Phi) is 5.81. The zero-order chi connectivity index (χ0) is 18.5. The summed E-state index contributed by atoms with van der Waals surface area (Å²) in [4.78, 5) is 17.3. The highest BCUT2D eigenvalue weighted by molar-refractivity contribution is 8.18. The third-order valence-electron chi connectivity index (χ3n) is 3.50. The fraction of sp³-hybridized carbons (Fsp3) is 0.100. The minimum Gasteiger partial charge on any atom is -0.506 e. The Balaban J connectivity index is 2.04. The van der Waals surface area contributed by atoms with E-state index in [1.165, 1.54) is 11.8 Å². The molecule has 1 aliphatic rings. The molecule has 3 rings (SSSR count). The number of ether oxygens (including phenoxy) is 1. The van der Waals surface area contributed by atoms with E-state index < -0.39 is 5.97 Å². The van der Waals surface area contributed by atoms with Gasteiger partial charge in [-0.1, -0.05) is 53.7 Å². The number of thioether (sulfide) groups is 1. The lowest BCUT2D eigenvalue weighted by molar-refractivity contribution is -0.138. The van der Waals surface area contributed by atoms with Crippen molar-refractivity contribution >= 4 is 46.1 Å². The van der Waals surface area contributed by atoms with E-state index in [2.05, 4.69) is 4.99 Å². The Hall–Kier alpha value is -2.50. The Morgan fingerprint density at radius 2 is 2.00 bits per heavy atom. The van der Waals surface area contributed by atoms with Gasteiger partial charge in [0, 0.05) is 5.02 Å². The number of carbonyl (C=O) groups excluding carboxylic acids is 1. The molecule has 1 N–H and O–H groups in total. The molecule has 0 aromatic heterocycles. The molecule has 0 unspecified atom stereocenters. The Morgan fingerprint density at radius 1 is 1.23 bits per heavy atom. The maximum Gasteiger partial charge on any atom is 0.344 e. The Morgan fingerprint density at radius 3 is 2.69 bits per heavy atom. The van der Waals surface area contributed by atoms with Crippen LogP contribution in [0.3, 0.4) is 0 Å². The summed E-state index contributed by atoms with van der Waals surface area (Å²) in [5.41, 5.74) is 1.58. The summed E-state index contributed by atoms with van der Waals surface area (Å²) >= 11 is 7.23. The smallest absolute Gasteiger partial charge is 0.344 e. The fourth-order valence-corrected chi connectivity index (χ4v) is 3.59. The van der Waals surface area contributed by atoms with E-state index in [0.29, 0.717) is 20.7 Å². The number of aliphatic hydroxyl groups excluding tert-OH is 1. The molecule has 4 nitrogen and oxygen atoms in total. The molecule has 2 aromatic rings. The van der Waals surface area contributed by atoms with Crippen LogP contribution in [0.2, 0.25) is 5.02 Å². The van der Waals surface area contributed by atoms with Crippen molar-refractivity contribution in [2.24, 2.45) is 4.99 Å². The average Bonchev–Trinajstić information content (AvgIpc) is 2.91. The molecule has 1 aliphatic heterocycles. The second kappa shape index (κ2) is 8.25. The number of rotatable bonds is 4. The first-order chi connectivity index (χ1) is 12.6. The van der Waals surface area contributed by atoms with E-state index in [4.69, 9.17) is 16.3 Å². The van der Waals surface area contributed by atoms with Gasteiger partial charge in [0.05, 0.1) is 17.2 Å². The topological polar surface area (TPSA) is 58.9 Å². The van der Waals surface area contributed by atoms with Crippen LogP contribution in [0.1, 0.15) is 12.5 Å². The van der Waals surface area contributed by atoms with Crippen molar-refractivity contribution in [3.05, 3.63) is 81.4 Å². The van der Waals surface area contributed by atoms with E-state index in [0.717, 1.165) is 5.56 Å². The van der Waals surface area contributed by atoms with Crippen LogP contribution in [0.5, 0.6) is 0 Å². The molecule has 0 bridgehead atoms. The van der Waals surface area contributed by atoms with E-state index >= 15 is 0 Å². The zero-order valence-corrected chi connectivity index (χ0v) is 15.6. The van der Waals surface area contributed by atoms with Crippen molar-refractivity contribution < 1.29 is 14.6 Å². The molecule has 0 spiro atoms. The molecule has 0 saturated carbocycles. The van der Waals surface area contributed by atoms with Crippen LogP contribution in [0.25, 0.3) is 6.08 Å². The van der Waals surface area contributed by atoms with Crippen molar-refractivity contribution in [1.29, 1.82) is 0 Å². The number of aliphatic imine (C=N–C) groups is 1. The maximum absolute atomic E-state index is 12.3. The molecule has 1 heterocycles. The third-order valence-corrected chi connectivity index (χ3v) is 4.76. The van der Waals surface area contributed by atoms with Gasteiger partial charge < -0.3 is 9.84 Å². The molecular formula is C20H16ClNO3S. The van der Waals surface area contributed by atoms with Gasteiger partial charge >= 0.3 is 5.97 Å². The first-order valence-electron chi connectivity index (χ1n) is 7.98. The normalized spacial score (nSPS) is 17.2. The van der Waals surface area contributed by atoms with Crippen LogP contribution in [0, 0.1) is 0 Å². The summed E-state index contributed by atoms with van der Waals surface area (Å²) in [7, 11) is 0. The first kappa shape index (κ1) is 18.3. The maximum atomic E-state index is 12.3. The molecule has 26 heavy (non-hydrogen) atoms. The minimum atomic E-state index is -0.596. The fourth-order valence-electron chi connectivity index (χ4n) is 2.36. The minimum absolute atomic E-state index is 0.0778. The summed E-state index contributed by atoms with van der Waals surface area (Å²) < 4.78 is 5.08. The predicted molar refractivity (Wildman–Crippen MR) is 107 cm³/mol. The molecular weight excluding hydrogens is 370 g/mol. The van der Waals surface area contributed by atoms with Crippen LogP contribution in [0.4, 0.5) is 5.69 Å². The van der Waals surface area contributed by atoms with Gasteiger partial charge in [-0.25, -0.2) is 9.79 Å². The SMILES string of the molecule is CCOC(=O)C1=C(O)/C(=C/c2cccc(Cl)c2)SC1=Nc1ccccc1. The highest BCUT2D eigenvalue weighted by atomic mass is 35.5. The number of para-hydroxylation sites is 1. The number of hydrogen-bond acceptors (Lipinski definition) is 5. The van der Waals surface area contributed by atoms with Gasteiger partial charge in [-0.05, 0) is 42.8 Å². The van der Waals surface area contributed by atoms with Crippen LogP contribution in [-0.2, 0) is 9.53 Å². The van der Waals surface area contributed by atoms with E-state index in [1.54, 1.807) is 25.1 Å². The van der Waals surface area contributed by atoms with E-state index in [-0.39, 0.29) is 17.9 Å². The number of hydrogen-bond donors (Lipinski definition) is 1. The largest absolute Gasteiger partial charge is 0.506 e. The van der Waals surface area contributed by atoms with Crippen molar-refractivity contribution in [3.63, 3.8) is 0 Å². The standard InChI is InChI=1S/C20H16ClNO3S/c1-2-25-20(24)17-18(23)16(12-13-7-6-8-14(21)11-13)26-19(17)22-15-9-4-3-5-10-15/h3-12,23H,2H2,1H3/b16-12-,22-19?. The lowest BCUT2D eigenvalue weighted by Crippen LogP contribution is -2.12. The Bertz CT molecular complexity index is 920. The molecule has 0 fully saturated rings. The molecule has 0 aliphatic carbocycles. The van der Waals surface area contributed by atoms with Gasteiger partial charge in [-0.2, -0.15) is 0 Å². The van der Waals surface area contributed by atoms with Gasteiger partial charge in [0.25, 0.3) is 0 Å². The summed E-state index contributed by atoms with van der Waals surface area (Å²) in [6.07, 6.45) is 1.76. The van der Waals surface area contributed by atoms with Gasteiger partial charge in [-0.3, -0.25) is 0 Å². The third kappa shape index (κ3) is 4.18. The van der Waals surface area contributed by atoms with E-state index in [9.17, 15) is 9.90 Å². The Labute approximate surface area is 160 Å². The second-order valence-corrected chi connectivity index (χ2v) is 6.83. The summed E-state index contributed by atoms with van der Waals surface area (Å²) in [5, 5.41) is 11.6. The molecule has 132 valence electrons. The second-order valence-electron chi connectivity index (χ2n) is 5.36. The van der Waals surface area contributed by atoms with Gasteiger partial charge in [0.1, 0.15) is 16.4 Å². The number of aliphatic hydroxyl groups is 1. The lowest BCUT2D eigenvalue weighted by Gasteiger charge is -2.03. The molecule has 0 radical (unpaired) electrons. The van der Waals surface area contributed by atoms with Crippen molar-refractivity contribution in [2.75, 3.05) is 6.61 Å². The highest BCUT2D eigenvalue weighted by Crippen LogP contribution is 2.40. The average molecular weight is 386 g/mol. The molecule has 2 aromatic carbocycles. The van der Waals surface area contributed by atoms with Crippen LogP contribution < -0.4 is 0 Å². The van der Waals surface area contributed by atoms with Gasteiger partial charge in [-0.15, -0.1) is 0 Å². The number of benzene rings is 2. The first-order valence-corrected chi connectivity index (χ1v) is 9.18. The molecule has 0 saturated heterocycles. The number of halogens is 1. The number of carbonyl (C=O) groups is 1. The monoisotopic (exact) mass is 385 g/mol. The van der Waals surface area contributed by atoms with E-state index in [1.807, 2.05) is 42.5 Å². The van der Waals surface area contributed by atoms with Crippen molar-refractivity contribution in [3.8, 4) is 0 Å². The summed E-state index contributed by atoms with van der Waals surface area (Å²) in [6.45, 7) is 1.93. The van der Waals surface area contributed by atoms with Gasteiger partial charge in [0.2, 0.25) is 0 Å². The van der Waals surface area contributed by atoms with Crippen LogP contribution >= 0.6 is 23.4 Å². The van der Waals surface area contributed by atoms with Crippen molar-refractivity contribution in [1.82, 2.24) is 0 Å². The zero-order valence-electron chi connectivity index (χ0n) is 14.0. The van der Waals surface area contributed by atoms with Crippen LogP contribution in [0.15, 0.2) is 75.8 Å². The van der Waals surface area contributed by atoms with Gasteiger partial charge in [0.15, 0.2) is 0 Å². The number of esters is 1. The summed E-state index contributed by atoms with van der Waals surface area (Å²) in [6, 6.07) is 16.5. The number of nitrogens with zero attached hydrogens (tertiary/aromatic N) is 1. The molecule has 0 atom stereocenters. The lowest BCUT2D eigenvalue weighted by atomic mass is 10.1. The molecule has 6 heteroatoms.